The van der Waals surface area contributed by atoms with Gasteiger partial charge in [-0.25, -0.2) is 13.1 Å². The number of H-pyrrole nitrogens is 1. The summed E-state index contributed by atoms with van der Waals surface area (Å²) >= 11 is 0. The fourth-order valence-electron chi connectivity index (χ4n) is 12.8. The molecule has 11 rings (SSSR count). The van der Waals surface area contributed by atoms with Gasteiger partial charge in [-0.15, -0.1) is 0 Å². The Balaban J connectivity index is 0.863. The molecule has 17 heteroatoms. The first-order valence-corrected chi connectivity index (χ1v) is 27.2. The third-order valence-corrected chi connectivity index (χ3v) is 18.2. The minimum Gasteiger partial charge on any atom is -0.468 e. The number of sulfonamides is 1. The molecule has 2 aromatic heterocycles. The summed E-state index contributed by atoms with van der Waals surface area (Å²) in [5, 5.41) is 26.8. The maximum absolute atomic E-state index is 14.7. The van der Waals surface area contributed by atoms with Crippen LogP contribution in [0, 0.1) is 21.4 Å². The third-order valence-electron chi connectivity index (χ3n) is 16.8. The predicted octanol–water partition coefficient (Wildman–Crippen LogP) is 9.34. The molecule has 3 atom stereocenters. The van der Waals surface area contributed by atoms with Crippen LogP contribution in [0.5, 0.6) is 5.88 Å². The lowest BCUT2D eigenvalue weighted by molar-refractivity contribution is -0.384. The topological polar surface area (TPSA) is 196 Å². The molecule has 6 aliphatic rings. The van der Waals surface area contributed by atoms with Crippen molar-refractivity contribution in [1.82, 2.24) is 19.6 Å². The Morgan fingerprint density at radius 2 is 1.76 bits per heavy atom. The van der Waals surface area contributed by atoms with Gasteiger partial charge in [-0.1, -0.05) is 38.1 Å². The first-order chi connectivity index (χ1) is 34.1. The molecule has 1 amide bonds. The lowest BCUT2D eigenvalue weighted by atomic mass is 9.59. The number of ether oxygens (including phenoxy) is 2. The van der Waals surface area contributed by atoms with Gasteiger partial charge in [0.05, 0.1) is 39.3 Å². The van der Waals surface area contributed by atoms with E-state index in [4.69, 9.17) is 14.5 Å². The van der Waals surface area contributed by atoms with E-state index in [9.17, 15) is 28.4 Å². The normalized spacial score (nSPS) is 25.6. The van der Waals surface area contributed by atoms with Gasteiger partial charge in [-0.3, -0.25) is 19.8 Å². The molecule has 0 bridgehead atoms. The van der Waals surface area contributed by atoms with Gasteiger partial charge in [0.15, 0.2) is 0 Å². The highest BCUT2D eigenvalue weighted by Gasteiger charge is 2.50. The zero-order chi connectivity index (χ0) is 49.2. The number of aromatic nitrogens is 2. The number of nitro groups is 1. The van der Waals surface area contributed by atoms with Crippen LogP contribution in [-0.4, -0.2) is 102 Å². The van der Waals surface area contributed by atoms with E-state index in [0.717, 1.165) is 62.5 Å². The SMILES string of the molecule is CC(C)c1ccccc1[C@@H]1CCCN1C1CC2(CCN(c3ccc(C(=O)NS(=O)(=O)c4ccc(NCC5CCC(C)(O)CC5)c([N+](=O)[O-])c4)c(N4c5cc6cc[nH]c6nc5O[C@@H]5COCC[C@H]54)c3)CC2)C1. The van der Waals surface area contributed by atoms with E-state index in [0.29, 0.717) is 79.9 Å². The Kier molecular flexibility index (Phi) is 12.5. The lowest BCUT2D eigenvalue weighted by Gasteiger charge is -2.56. The van der Waals surface area contributed by atoms with Gasteiger partial charge >= 0.3 is 0 Å². The number of carbonyl (C=O) groups excluding carboxylic acids is 1. The number of amides is 1. The molecule has 6 heterocycles. The van der Waals surface area contributed by atoms with Gasteiger partial charge in [-0.2, -0.15) is 4.98 Å². The highest BCUT2D eigenvalue weighted by molar-refractivity contribution is 7.90. The minimum absolute atomic E-state index is 0.123. The van der Waals surface area contributed by atoms with Gasteiger partial charge in [0.2, 0.25) is 5.88 Å². The van der Waals surface area contributed by atoms with Crippen molar-refractivity contribution in [2.24, 2.45) is 11.3 Å². The second-order valence-electron chi connectivity index (χ2n) is 21.8. The average molecular weight is 987 g/mol. The lowest BCUT2D eigenvalue weighted by Crippen LogP contribution is -2.55. The number of likely N-dealkylation sites (tertiary alicyclic amines) is 1. The van der Waals surface area contributed by atoms with Gasteiger partial charge < -0.3 is 34.7 Å². The van der Waals surface area contributed by atoms with Crippen LogP contribution in [0.3, 0.4) is 0 Å². The van der Waals surface area contributed by atoms with Crippen molar-refractivity contribution in [1.29, 1.82) is 0 Å². The highest BCUT2D eigenvalue weighted by atomic mass is 32.2. The number of aliphatic hydroxyl groups is 1. The number of nitrogens with zero attached hydrogens (tertiary/aromatic N) is 5. The molecular formula is C54H66N8O8S. The van der Waals surface area contributed by atoms with E-state index in [2.05, 4.69) is 67.8 Å². The second-order valence-corrected chi connectivity index (χ2v) is 23.5. The average Bonchev–Trinajstić information content (AvgIpc) is 4.03. The van der Waals surface area contributed by atoms with Crippen molar-refractivity contribution >= 4 is 55.4 Å². The van der Waals surface area contributed by atoms with Crippen LogP contribution in [0.4, 0.5) is 28.4 Å². The Labute approximate surface area is 415 Å². The van der Waals surface area contributed by atoms with Crippen LogP contribution in [0.2, 0.25) is 0 Å². The van der Waals surface area contributed by atoms with Crippen LogP contribution >= 0.6 is 0 Å². The van der Waals surface area contributed by atoms with Crippen molar-refractivity contribution in [2.45, 2.75) is 132 Å². The van der Waals surface area contributed by atoms with E-state index in [1.54, 1.807) is 6.07 Å². The fraction of sp³-hybridized carbons (Fsp3) is 0.519. The molecule has 5 aromatic rings. The summed E-state index contributed by atoms with van der Waals surface area (Å²) < 4.78 is 43.1. The number of hydrogen-bond donors (Lipinski definition) is 4. The first-order valence-electron chi connectivity index (χ1n) is 25.7. The molecular weight excluding hydrogens is 921 g/mol. The van der Waals surface area contributed by atoms with Gasteiger partial charge in [0.1, 0.15) is 23.1 Å². The number of nitro benzene ring substituents is 1. The smallest absolute Gasteiger partial charge is 0.293 e. The largest absolute Gasteiger partial charge is 0.468 e. The van der Waals surface area contributed by atoms with E-state index >= 15 is 0 Å². The summed E-state index contributed by atoms with van der Waals surface area (Å²) in [7, 11) is -4.61. The van der Waals surface area contributed by atoms with Gasteiger partial charge in [0.25, 0.3) is 21.6 Å². The Hall–Kier alpha value is -5.75. The van der Waals surface area contributed by atoms with Crippen molar-refractivity contribution in [3.8, 4) is 5.88 Å². The number of rotatable bonds is 12. The van der Waals surface area contributed by atoms with E-state index in [1.165, 1.54) is 48.9 Å². The van der Waals surface area contributed by atoms with Gasteiger partial charge in [0, 0.05) is 61.7 Å². The number of anilines is 4. The Morgan fingerprint density at radius 3 is 2.54 bits per heavy atom. The van der Waals surface area contributed by atoms with Crippen LogP contribution in [0.1, 0.15) is 125 Å². The van der Waals surface area contributed by atoms with E-state index < -0.39 is 43.1 Å². The molecule has 0 unspecified atom stereocenters. The van der Waals surface area contributed by atoms with E-state index in [1.807, 2.05) is 37.4 Å². The summed E-state index contributed by atoms with van der Waals surface area (Å²) in [6.07, 6.45) is 11.7. The predicted molar refractivity (Wildman–Crippen MR) is 273 cm³/mol. The Morgan fingerprint density at radius 1 is 0.972 bits per heavy atom. The Bertz CT molecular complexity index is 2930. The molecule has 0 radical (unpaired) electrons. The van der Waals surface area contributed by atoms with Crippen molar-refractivity contribution in [2.75, 3.05) is 54.5 Å². The molecule has 376 valence electrons. The van der Waals surface area contributed by atoms with Crippen LogP contribution < -0.4 is 24.6 Å². The summed E-state index contributed by atoms with van der Waals surface area (Å²) in [4.78, 5) is 41.3. The number of pyridine rings is 1. The molecule has 16 nitrogen and oxygen atoms in total. The zero-order valence-corrected chi connectivity index (χ0v) is 41.8. The molecule has 2 saturated carbocycles. The summed E-state index contributed by atoms with van der Waals surface area (Å²) in [5.41, 5.74) is 5.17. The standard InChI is InChI=1S/C54H66N8O8S/c1-34(2)40-7-4-5-8-41(40)44-9-6-23-60(44)38-30-54(31-38)20-24-59(25-21-54)37-10-12-42(46(28-37)61-45-17-26-69-33-49(45)70-52-48(61)27-36-16-22-55-50(36)57-52)51(63)58-71(67,68)39-11-13-43(47(29-39)62(65)66)56-32-35-14-18-53(3,64)19-15-35/h4-5,7-8,10-13,16,22,27-29,34-35,38,44-45,49,56,64H,6,9,14-15,17-21,23-26,30-33H2,1-3H3,(H,55,57)(H,58,63)/t35?,44-,45+,49+,53?/m0/s1. The summed E-state index contributed by atoms with van der Waals surface area (Å²) in [6.45, 7) is 10.5. The molecule has 1 spiro atoms. The van der Waals surface area contributed by atoms with Crippen molar-refractivity contribution in [3.63, 3.8) is 0 Å². The van der Waals surface area contributed by atoms with Crippen LogP contribution in [0.15, 0.2) is 83.9 Å². The maximum Gasteiger partial charge on any atom is 0.293 e. The number of piperidine rings is 1. The monoisotopic (exact) mass is 986 g/mol. The van der Waals surface area contributed by atoms with Crippen LogP contribution in [-0.2, 0) is 14.8 Å². The first kappa shape index (κ1) is 47.6. The summed E-state index contributed by atoms with van der Waals surface area (Å²) in [6, 6.07) is 23.0. The maximum atomic E-state index is 14.7. The fourth-order valence-corrected chi connectivity index (χ4v) is 13.7. The highest BCUT2D eigenvalue weighted by Crippen LogP contribution is 2.55. The molecule has 5 fully saturated rings. The number of hydrogen-bond acceptors (Lipinski definition) is 13. The van der Waals surface area contributed by atoms with Crippen molar-refractivity contribution in [3.05, 3.63) is 106 Å². The minimum atomic E-state index is -4.61. The molecule has 3 saturated heterocycles. The number of fused-ring (bicyclic) bond motifs is 3. The molecule has 4 N–H and O–H groups in total. The molecule has 4 aliphatic heterocycles. The molecule has 2 aliphatic carbocycles. The quantitative estimate of drug-likeness (QED) is 0.0683. The number of aromatic amines is 1. The molecule has 3 aromatic carbocycles. The van der Waals surface area contributed by atoms with Crippen LogP contribution in [0.25, 0.3) is 11.0 Å². The zero-order valence-electron chi connectivity index (χ0n) is 40.9. The molecule has 71 heavy (non-hydrogen) atoms. The third kappa shape index (κ3) is 9.23. The van der Waals surface area contributed by atoms with Gasteiger partial charge in [-0.05, 0) is 155 Å². The second kappa shape index (κ2) is 18.7. The number of nitrogens with one attached hydrogen (secondary N) is 3. The number of carbonyl (C=O) groups is 1. The summed E-state index contributed by atoms with van der Waals surface area (Å²) in [5.74, 6) is 0.194. The van der Waals surface area contributed by atoms with Crippen molar-refractivity contribution < 1.29 is 32.7 Å². The number of benzene rings is 3. The van der Waals surface area contributed by atoms with E-state index in [-0.39, 0.29) is 28.6 Å².